The van der Waals surface area contributed by atoms with E-state index in [0.717, 1.165) is 27.2 Å². The van der Waals surface area contributed by atoms with Gasteiger partial charge in [-0.2, -0.15) is 0 Å². The van der Waals surface area contributed by atoms with E-state index in [0.29, 0.717) is 5.69 Å². The molecule has 5 aromatic rings. The molecule has 0 spiro atoms. The Morgan fingerprint density at radius 2 is 1.35 bits per heavy atom. The number of non-ortho nitro benzene ring substituents is 1. The van der Waals surface area contributed by atoms with Gasteiger partial charge in [-0.15, -0.1) is 0 Å². The number of benzene rings is 5. The van der Waals surface area contributed by atoms with E-state index >= 15 is 0 Å². The van der Waals surface area contributed by atoms with Crippen LogP contribution in [-0.2, 0) is 24.8 Å². The van der Waals surface area contributed by atoms with Crippen LogP contribution in [0, 0.1) is 10.1 Å². The summed E-state index contributed by atoms with van der Waals surface area (Å²) < 4.78 is 56.5. The van der Waals surface area contributed by atoms with E-state index in [2.05, 4.69) is 10.0 Å². The molecule has 13 heteroatoms. The molecule has 0 aliphatic heterocycles. The summed E-state index contributed by atoms with van der Waals surface area (Å²) in [6.07, 6.45) is 0. The average Bonchev–Trinajstić information content (AvgIpc) is 3.00. The zero-order valence-electron chi connectivity index (χ0n) is 22.3. The van der Waals surface area contributed by atoms with Crippen molar-refractivity contribution in [2.24, 2.45) is 0 Å². The van der Waals surface area contributed by atoms with E-state index in [9.17, 15) is 31.7 Å². The molecule has 0 radical (unpaired) electrons. The minimum absolute atomic E-state index is 0.0439. The number of hydrogen-bond donors (Lipinski definition) is 2. The highest BCUT2D eigenvalue weighted by Gasteiger charge is 2.28. The number of amides is 1. The van der Waals surface area contributed by atoms with Crippen LogP contribution in [0.1, 0.15) is 0 Å². The molecule has 11 nitrogen and oxygen atoms in total. The van der Waals surface area contributed by atoms with Gasteiger partial charge in [0.25, 0.3) is 25.7 Å². The normalized spacial score (nSPS) is 11.5. The Morgan fingerprint density at radius 1 is 0.721 bits per heavy atom. The number of nitro groups is 1. The Hall–Kier alpha value is -5.27. The van der Waals surface area contributed by atoms with Crippen LogP contribution in [0.15, 0.2) is 131 Å². The first-order valence-electron chi connectivity index (χ1n) is 12.8. The number of fused-ring (bicyclic) bond motifs is 1. The lowest BCUT2D eigenvalue weighted by molar-refractivity contribution is -0.384. The standard InChI is InChI=1S/C30H24N4O7S2/c35-30(21-33(24-15-17-25(18-16-24)34(36)37)43(40,41)27-9-2-1-3-10-27)31-23-13-19-26(20-14-23)42(38,39)32-29-12-6-8-22-7-4-5-11-28(22)29/h1-20,32H,21H2,(H,31,35). The molecule has 5 aromatic carbocycles. The first-order valence-corrected chi connectivity index (χ1v) is 15.7. The van der Waals surface area contributed by atoms with Gasteiger partial charge in [0.15, 0.2) is 0 Å². The summed E-state index contributed by atoms with van der Waals surface area (Å²) in [7, 11) is -8.19. The van der Waals surface area contributed by atoms with Gasteiger partial charge in [0, 0.05) is 23.2 Å². The van der Waals surface area contributed by atoms with Crippen LogP contribution in [0.2, 0.25) is 0 Å². The van der Waals surface area contributed by atoms with E-state index in [4.69, 9.17) is 0 Å². The Kier molecular flexibility index (Phi) is 8.10. The minimum Gasteiger partial charge on any atom is -0.325 e. The van der Waals surface area contributed by atoms with E-state index in [1.165, 1.54) is 60.7 Å². The number of nitrogens with one attached hydrogen (secondary N) is 2. The van der Waals surface area contributed by atoms with Gasteiger partial charge >= 0.3 is 0 Å². The predicted octanol–water partition coefficient (Wildman–Crippen LogP) is 5.38. The molecule has 0 heterocycles. The van der Waals surface area contributed by atoms with Crippen molar-refractivity contribution < 1.29 is 26.6 Å². The molecule has 1 amide bonds. The van der Waals surface area contributed by atoms with Crippen molar-refractivity contribution in [3.8, 4) is 0 Å². The van der Waals surface area contributed by atoms with E-state index in [1.54, 1.807) is 18.2 Å². The maximum atomic E-state index is 13.5. The topological polar surface area (TPSA) is 156 Å². The van der Waals surface area contributed by atoms with Gasteiger partial charge in [0.2, 0.25) is 5.91 Å². The molecule has 43 heavy (non-hydrogen) atoms. The second-order valence-corrected chi connectivity index (χ2v) is 12.8. The van der Waals surface area contributed by atoms with Crippen LogP contribution in [0.5, 0.6) is 0 Å². The van der Waals surface area contributed by atoms with Gasteiger partial charge in [-0.1, -0.05) is 54.6 Å². The molecule has 0 saturated heterocycles. The molecule has 0 aliphatic rings. The van der Waals surface area contributed by atoms with Crippen LogP contribution in [0.4, 0.5) is 22.7 Å². The minimum atomic E-state index is -4.23. The van der Waals surface area contributed by atoms with Gasteiger partial charge in [0.05, 0.1) is 26.1 Å². The quantitative estimate of drug-likeness (QED) is 0.158. The summed E-state index contributed by atoms with van der Waals surface area (Å²) in [5, 5.41) is 15.3. The van der Waals surface area contributed by atoms with Crippen LogP contribution in [0.25, 0.3) is 10.8 Å². The Morgan fingerprint density at radius 3 is 2.02 bits per heavy atom. The van der Waals surface area contributed by atoms with Crippen LogP contribution >= 0.6 is 0 Å². The number of sulfonamides is 2. The second-order valence-electron chi connectivity index (χ2n) is 9.30. The van der Waals surface area contributed by atoms with Gasteiger partial charge in [-0.25, -0.2) is 16.8 Å². The molecular weight excluding hydrogens is 592 g/mol. The zero-order valence-corrected chi connectivity index (χ0v) is 24.0. The fraction of sp³-hybridized carbons (Fsp3) is 0.0333. The maximum absolute atomic E-state index is 13.5. The number of rotatable bonds is 10. The molecule has 0 saturated carbocycles. The van der Waals surface area contributed by atoms with Crippen molar-refractivity contribution in [3.05, 3.63) is 131 Å². The molecule has 0 atom stereocenters. The Balaban J connectivity index is 1.35. The fourth-order valence-electron chi connectivity index (χ4n) is 4.34. The molecule has 0 bridgehead atoms. The molecule has 0 aliphatic carbocycles. The van der Waals surface area contributed by atoms with Crippen molar-refractivity contribution in [1.82, 2.24) is 0 Å². The third kappa shape index (κ3) is 6.47. The SMILES string of the molecule is O=C(CN(c1ccc([N+](=O)[O-])cc1)S(=O)(=O)c1ccccc1)Nc1ccc(S(=O)(=O)Nc2cccc3ccccc23)cc1. The molecule has 218 valence electrons. The average molecular weight is 617 g/mol. The van der Waals surface area contributed by atoms with Gasteiger partial charge in [-0.3, -0.25) is 23.9 Å². The molecule has 5 rings (SSSR count). The highest BCUT2D eigenvalue weighted by Crippen LogP contribution is 2.28. The molecule has 2 N–H and O–H groups in total. The third-order valence-electron chi connectivity index (χ3n) is 6.45. The summed E-state index contributed by atoms with van der Waals surface area (Å²) in [5.74, 6) is -0.720. The van der Waals surface area contributed by atoms with Crippen LogP contribution in [-0.4, -0.2) is 34.2 Å². The molecule has 0 unspecified atom stereocenters. The summed E-state index contributed by atoms with van der Waals surface area (Å²) in [6, 6.07) is 30.3. The first-order chi connectivity index (χ1) is 20.5. The number of anilines is 3. The monoisotopic (exact) mass is 616 g/mol. The van der Waals surface area contributed by atoms with Gasteiger partial charge in [0.1, 0.15) is 6.54 Å². The fourth-order valence-corrected chi connectivity index (χ4v) is 6.86. The van der Waals surface area contributed by atoms with Crippen LogP contribution in [0.3, 0.4) is 0 Å². The Labute approximate surface area is 247 Å². The van der Waals surface area contributed by atoms with Crippen molar-refractivity contribution in [1.29, 1.82) is 0 Å². The van der Waals surface area contributed by atoms with Crippen molar-refractivity contribution >= 4 is 59.5 Å². The summed E-state index contributed by atoms with van der Waals surface area (Å²) in [6.45, 7) is -0.655. The predicted molar refractivity (Wildman–Crippen MR) is 164 cm³/mol. The summed E-state index contributed by atoms with van der Waals surface area (Å²) in [4.78, 5) is 23.4. The van der Waals surface area contributed by atoms with Crippen molar-refractivity contribution in [2.75, 3.05) is 20.9 Å². The lowest BCUT2D eigenvalue weighted by Crippen LogP contribution is -2.38. The van der Waals surface area contributed by atoms with Gasteiger partial charge in [-0.05, 0) is 60.0 Å². The third-order valence-corrected chi connectivity index (χ3v) is 9.62. The van der Waals surface area contributed by atoms with E-state index < -0.39 is 37.4 Å². The Bertz CT molecular complexity index is 2010. The highest BCUT2D eigenvalue weighted by atomic mass is 32.2. The number of nitrogens with zero attached hydrogens (tertiary/aromatic N) is 2. The molecule has 0 fully saturated rings. The number of hydrogen-bond acceptors (Lipinski definition) is 7. The van der Waals surface area contributed by atoms with E-state index in [1.807, 2.05) is 30.3 Å². The zero-order chi connectivity index (χ0) is 30.6. The second kappa shape index (κ2) is 11.9. The maximum Gasteiger partial charge on any atom is 0.269 e. The largest absolute Gasteiger partial charge is 0.325 e. The number of carbonyl (C=O) groups excluding carboxylic acids is 1. The number of nitro benzene ring substituents is 1. The van der Waals surface area contributed by atoms with Crippen molar-refractivity contribution in [2.45, 2.75) is 9.79 Å². The molecule has 0 aromatic heterocycles. The van der Waals surface area contributed by atoms with Crippen molar-refractivity contribution in [3.63, 3.8) is 0 Å². The lowest BCUT2D eigenvalue weighted by Gasteiger charge is -2.24. The van der Waals surface area contributed by atoms with E-state index in [-0.39, 0.29) is 26.9 Å². The lowest BCUT2D eigenvalue weighted by atomic mass is 10.1. The summed E-state index contributed by atoms with van der Waals surface area (Å²) in [5.41, 5.74) is 0.456. The van der Waals surface area contributed by atoms with Gasteiger partial charge < -0.3 is 5.32 Å². The smallest absolute Gasteiger partial charge is 0.269 e. The summed E-state index contributed by atoms with van der Waals surface area (Å²) >= 11 is 0. The molecular formula is C30H24N4O7S2. The number of carbonyl (C=O) groups is 1. The van der Waals surface area contributed by atoms with Crippen LogP contribution < -0.4 is 14.3 Å². The first kappa shape index (κ1) is 29.2. The highest BCUT2D eigenvalue weighted by molar-refractivity contribution is 7.93.